The molecule has 1 aliphatic carbocycles. The van der Waals surface area contributed by atoms with Crippen molar-refractivity contribution in [1.82, 2.24) is 5.32 Å². The highest BCUT2D eigenvalue weighted by Crippen LogP contribution is 2.24. The van der Waals surface area contributed by atoms with E-state index in [4.69, 9.17) is 0 Å². The van der Waals surface area contributed by atoms with Gasteiger partial charge in [-0.15, -0.1) is 0 Å². The first-order chi connectivity index (χ1) is 7.79. The standard InChI is InChI=1S/C15H23N/c1-3-4-14(11-16-15-9-10-15)13-7-5-12(2)6-8-13/h5-8,14-16H,3-4,9-11H2,1-2H3. The summed E-state index contributed by atoms with van der Waals surface area (Å²) in [6, 6.07) is 9.88. The van der Waals surface area contributed by atoms with Gasteiger partial charge >= 0.3 is 0 Å². The van der Waals surface area contributed by atoms with Crippen LogP contribution in [0.4, 0.5) is 0 Å². The summed E-state index contributed by atoms with van der Waals surface area (Å²) in [5.74, 6) is 0.700. The van der Waals surface area contributed by atoms with E-state index in [0.29, 0.717) is 5.92 Å². The van der Waals surface area contributed by atoms with Crippen LogP contribution in [0.2, 0.25) is 0 Å². The van der Waals surface area contributed by atoms with Crippen LogP contribution in [0.15, 0.2) is 24.3 Å². The molecule has 1 aromatic rings. The molecular formula is C15H23N. The smallest absolute Gasteiger partial charge is 0.00684 e. The van der Waals surface area contributed by atoms with E-state index in [1.165, 1.54) is 36.8 Å². The normalized spacial score (nSPS) is 17.4. The van der Waals surface area contributed by atoms with E-state index >= 15 is 0 Å². The number of nitrogens with one attached hydrogen (secondary N) is 1. The largest absolute Gasteiger partial charge is 0.313 e. The van der Waals surface area contributed by atoms with E-state index in [-0.39, 0.29) is 0 Å². The van der Waals surface area contributed by atoms with Crippen LogP contribution in [0.25, 0.3) is 0 Å². The van der Waals surface area contributed by atoms with Crippen molar-refractivity contribution in [3.8, 4) is 0 Å². The first kappa shape index (κ1) is 11.7. The molecule has 1 unspecified atom stereocenters. The molecule has 1 N–H and O–H groups in total. The Balaban J connectivity index is 1.95. The van der Waals surface area contributed by atoms with Crippen LogP contribution >= 0.6 is 0 Å². The highest BCUT2D eigenvalue weighted by Gasteiger charge is 2.22. The Kier molecular flexibility index (Phi) is 4.00. The molecule has 0 spiro atoms. The summed E-state index contributed by atoms with van der Waals surface area (Å²) < 4.78 is 0. The van der Waals surface area contributed by atoms with Crippen molar-refractivity contribution in [2.45, 2.75) is 51.5 Å². The Labute approximate surface area is 99.3 Å². The minimum atomic E-state index is 0.700. The average molecular weight is 217 g/mol. The fraction of sp³-hybridized carbons (Fsp3) is 0.600. The number of aryl methyl sites for hydroxylation is 1. The van der Waals surface area contributed by atoms with E-state index in [0.717, 1.165) is 12.6 Å². The predicted octanol–water partition coefficient (Wildman–Crippen LogP) is 3.63. The third kappa shape index (κ3) is 3.34. The molecule has 1 saturated carbocycles. The summed E-state index contributed by atoms with van der Waals surface area (Å²) in [6.07, 6.45) is 5.33. The fourth-order valence-corrected chi connectivity index (χ4v) is 2.17. The molecule has 1 heteroatoms. The van der Waals surface area contributed by atoms with E-state index < -0.39 is 0 Å². The Bertz CT molecular complexity index is 311. The summed E-state index contributed by atoms with van der Waals surface area (Å²) in [4.78, 5) is 0. The minimum Gasteiger partial charge on any atom is -0.313 e. The molecule has 16 heavy (non-hydrogen) atoms. The second-order valence-corrected chi connectivity index (χ2v) is 5.08. The summed E-state index contributed by atoms with van der Waals surface area (Å²) >= 11 is 0. The molecule has 0 heterocycles. The molecule has 88 valence electrons. The first-order valence-corrected chi connectivity index (χ1v) is 6.59. The van der Waals surface area contributed by atoms with Gasteiger partial charge in [0.15, 0.2) is 0 Å². The highest BCUT2D eigenvalue weighted by atomic mass is 14.9. The SMILES string of the molecule is CCCC(CNC1CC1)c1ccc(C)cc1. The lowest BCUT2D eigenvalue weighted by molar-refractivity contribution is 0.542. The van der Waals surface area contributed by atoms with Crippen LogP contribution in [-0.2, 0) is 0 Å². The zero-order chi connectivity index (χ0) is 11.4. The number of hydrogen-bond donors (Lipinski definition) is 1. The summed E-state index contributed by atoms with van der Waals surface area (Å²) in [6.45, 7) is 5.58. The number of rotatable bonds is 6. The van der Waals surface area contributed by atoms with Gasteiger partial charge in [-0.25, -0.2) is 0 Å². The third-order valence-electron chi connectivity index (χ3n) is 3.42. The van der Waals surface area contributed by atoms with Gasteiger partial charge in [0.2, 0.25) is 0 Å². The molecule has 1 aromatic carbocycles. The Morgan fingerprint density at radius 2 is 1.94 bits per heavy atom. The van der Waals surface area contributed by atoms with E-state index in [9.17, 15) is 0 Å². The molecule has 0 bridgehead atoms. The van der Waals surface area contributed by atoms with Gasteiger partial charge < -0.3 is 5.32 Å². The van der Waals surface area contributed by atoms with Crippen molar-refractivity contribution in [2.24, 2.45) is 0 Å². The van der Waals surface area contributed by atoms with Crippen molar-refractivity contribution in [3.63, 3.8) is 0 Å². The Morgan fingerprint density at radius 3 is 2.50 bits per heavy atom. The molecule has 1 fully saturated rings. The zero-order valence-corrected chi connectivity index (χ0v) is 10.5. The monoisotopic (exact) mass is 217 g/mol. The summed E-state index contributed by atoms with van der Waals surface area (Å²) in [5, 5.41) is 3.65. The Hall–Kier alpha value is -0.820. The lowest BCUT2D eigenvalue weighted by Crippen LogP contribution is -2.23. The molecule has 1 atom stereocenters. The third-order valence-corrected chi connectivity index (χ3v) is 3.42. The van der Waals surface area contributed by atoms with E-state index in [1.807, 2.05) is 0 Å². The van der Waals surface area contributed by atoms with Crippen LogP contribution in [0.5, 0.6) is 0 Å². The first-order valence-electron chi connectivity index (χ1n) is 6.59. The fourth-order valence-electron chi connectivity index (χ4n) is 2.17. The number of benzene rings is 1. The maximum absolute atomic E-state index is 3.65. The molecule has 1 nitrogen and oxygen atoms in total. The van der Waals surface area contributed by atoms with Gasteiger partial charge in [0.05, 0.1) is 0 Å². The quantitative estimate of drug-likeness (QED) is 0.767. The van der Waals surface area contributed by atoms with Crippen molar-refractivity contribution < 1.29 is 0 Å². The lowest BCUT2D eigenvalue weighted by Gasteiger charge is -2.17. The van der Waals surface area contributed by atoms with Crippen LogP contribution in [0.3, 0.4) is 0 Å². The number of hydrogen-bond acceptors (Lipinski definition) is 1. The van der Waals surface area contributed by atoms with Gasteiger partial charge in [0, 0.05) is 12.6 Å². The highest BCUT2D eigenvalue weighted by molar-refractivity contribution is 5.24. The second kappa shape index (κ2) is 5.49. The van der Waals surface area contributed by atoms with Crippen LogP contribution in [0, 0.1) is 6.92 Å². The zero-order valence-electron chi connectivity index (χ0n) is 10.5. The lowest BCUT2D eigenvalue weighted by atomic mass is 9.94. The maximum Gasteiger partial charge on any atom is 0.00684 e. The van der Waals surface area contributed by atoms with Gasteiger partial charge in [-0.05, 0) is 37.7 Å². The maximum atomic E-state index is 3.65. The Morgan fingerprint density at radius 1 is 1.25 bits per heavy atom. The van der Waals surface area contributed by atoms with Crippen molar-refractivity contribution >= 4 is 0 Å². The van der Waals surface area contributed by atoms with E-state index in [2.05, 4.69) is 43.4 Å². The molecule has 0 radical (unpaired) electrons. The van der Waals surface area contributed by atoms with Crippen molar-refractivity contribution in [1.29, 1.82) is 0 Å². The van der Waals surface area contributed by atoms with Crippen molar-refractivity contribution in [2.75, 3.05) is 6.54 Å². The topological polar surface area (TPSA) is 12.0 Å². The van der Waals surface area contributed by atoms with Crippen LogP contribution in [0.1, 0.15) is 49.7 Å². The van der Waals surface area contributed by atoms with Crippen LogP contribution < -0.4 is 5.32 Å². The van der Waals surface area contributed by atoms with Gasteiger partial charge in [0.25, 0.3) is 0 Å². The van der Waals surface area contributed by atoms with Gasteiger partial charge in [-0.3, -0.25) is 0 Å². The van der Waals surface area contributed by atoms with Crippen LogP contribution in [-0.4, -0.2) is 12.6 Å². The van der Waals surface area contributed by atoms with Crippen molar-refractivity contribution in [3.05, 3.63) is 35.4 Å². The minimum absolute atomic E-state index is 0.700. The second-order valence-electron chi connectivity index (χ2n) is 5.08. The molecular weight excluding hydrogens is 194 g/mol. The molecule has 1 aliphatic rings. The van der Waals surface area contributed by atoms with Gasteiger partial charge in [-0.2, -0.15) is 0 Å². The summed E-state index contributed by atoms with van der Waals surface area (Å²) in [7, 11) is 0. The average Bonchev–Trinajstić information content (AvgIpc) is 3.09. The van der Waals surface area contributed by atoms with Gasteiger partial charge in [0.1, 0.15) is 0 Å². The van der Waals surface area contributed by atoms with E-state index in [1.54, 1.807) is 0 Å². The molecule has 2 rings (SSSR count). The predicted molar refractivity (Wildman–Crippen MR) is 69.9 cm³/mol. The summed E-state index contributed by atoms with van der Waals surface area (Å²) in [5.41, 5.74) is 2.86. The molecule has 0 aliphatic heterocycles. The molecule has 0 amide bonds. The molecule has 0 saturated heterocycles. The van der Waals surface area contributed by atoms with Gasteiger partial charge in [-0.1, -0.05) is 43.2 Å². The molecule has 0 aromatic heterocycles.